The molecule has 0 saturated heterocycles. The molecule has 5 heteroatoms. The van der Waals surface area contributed by atoms with Crippen LogP contribution in [-0.2, 0) is 11.3 Å². The van der Waals surface area contributed by atoms with Crippen molar-refractivity contribution in [2.45, 2.75) is 13.5 Å². The maximum atomic E-state index is 13.6. The highest BCUT2D eigenvalue weighted by molar-refractivity contribution is 9.10. The predicted molar refractivity (Wildman–Crippen MR) is 82.2 cm³/mol. The van der Waals surface area contributed by atoms with Crippen molar-refractivity contribution in [2.75, 3.05) is 10.6 Å². The molecule has 2 rings (SSSR count). The van der Waals surface area contributed by atoms with Crippen molar-refractivity contribution in [3.8, 4) is 0 Å². The van der Waals surface area contributed by atoms with E-state index in [0.717, 1.165) is 11.3 Å². The minimum absolute atomic E-state index is 0.104. The van der Waals surface area contributed by atoms with Crippen LogP contribution < -0.4 is 10.6 Å². The Labute approximate surface area is 125 Å². The highest BCUT2D eigenvalue weighted by Crippen LogP contribution is 2.20. The van der Waals surface area contributed by atoms with E-state index in [0.29, 0.717) is 16.7 Å². The van der Waals surface area contributed by atoms with Gasteiger partial charge in [-0.1, -0.05) is 28.1 Å². The van der Waals surface area contributed by atoms with Crippen LogP contribution in [0.1, 0.15) is 12.5 Å². The zero-order valence-electron chi connectivity index (χ0n) is 10.9. The number of nitrogens with one attached hydrogen (secondary N) is 2. The van der Waals surface area contributed by atoms with Gasteiger partial charge in [0.1, 0.15) is 5.82 Å². The summed E-state index contributed by atoms with van der Waals surface area (Å²) >= 11 is 3.22. The van der Waals surface area contributed by atoms with Crippen molar-refractivity contribution in [1.29, 1.82) is 0 Å². The normalized spacial score (nSPS) is 10.2. The van der Waals surface area contributed by atoms with Gasteiger partial charge >= 0.3 is 0 Å². The Kier molecular flexibility index (Phi) is 4.74. The Morgan fingerprint density at radius 2 is 1.90 bits per heavy atom. The molecule has 1 amide bonds. The highest BCUT2D eigenvalue weighted by Gasteiger charge is 2.02. The molecule has 0 bridgehead atoms. The average molecular weight is 337 g/mol. The van der Waals surface area contributed by atoms with Crippen LogP contribution in [-0.4, -0.2) is 5.91 Å². The lowest BCUT2D eigenvalue weighted by molar-refractivity contribution is -0.114. The molecular formula is C15H14BrFN2O. The number of amides is 1. The fourth-order valence-corrected chi connectivity index (χ4v) is 2.07. The van der Waals surface area contributed by atoms with E-state index in [1.165, 1.54) is 13.0 Å². The quantitative estimate of drug-likeness (QED) is 0.880. The highest BCUT2D eigenvalue weighted by atomic mass is 79.9. The molecule has 0 atom stereocenters. The Hall–Kier alpha value is -1.88. The molecule has 0 aliphatic carbocycles. The smallest absolute Gasteiger partial charge is 0.221 e. The van der Waals surface area contributed by atoms with Crippen molar-refractivity contribution in [1.82, 2.24) is 0 Å². The zero-order valence-corrected chi connectivity index (χ0v) is 12.5. The van der Waals surface area contributed by atoms with Crippen molar-refractivity contribution in [2.24, 2.45) is 0 Å². The van der Waals surface area contributed by atoms with Gasteiger partial charge in [0.15, 0.2) is 0 Å². The first-order valence-corrected chi connectivity index (χ1v) is 6.89. The lowest BCUT2D eigenvalue weighted by atomic mass is 10.2. The van der Waals surface area contributed by atoms with E-state index in [1.807, 2.05) is 24.3 Å². The third kappa shape index (κ3) is 4.06. The molecule has 0 heterocycles. The summed E-state index contributed by atoms with van der Waals surface area (Å²) < 4.78 is 14.3. The molecule has 2 aromatic rings. The lowest BCUT2D eigenvalue weighted by Gasteiger charge is -2.09. The Morgan fingerprint density at radius 3 is 2.50 bits per heavy atom. The average Bonchev–Trinajstić information content (AvgIpc) is 2.39. The van der Waals surface area contributed by atoms with Crippen molar-refractivity contribution in [3.05, 3.63) is 58.3 Å². The summed E-state index contributed by atoms with van der Waals surface area (Å²) in [5, 5.41) is 5.73. The number of halogens is 2. The molecule has 0 spiro atoms. The fourth-order valence-electron chi connectivity index (χ4n) is 1.74. The minimum atomic E-state index is -0.297. The zero-order chi connectivity index (χ0) is 14.5. The second-order valence-electron chi connectivity index (χ2n) is 4.36. The molecule has 3 nitrogen and oxygen atoms in total. The molecule has 2 aromatic carbocycles. The van der Waals surface area contributed by atoms with Gasteiger partial charge in [-0.25, -0.2) is 4.39 Å². The van der Waals surface area contributed by atoms with Crippen LogP contribution in [0.2, 0.25) is 0 Å². The Bertz CT molecular complexity index is 614. The summed E-state index contributed by atoms with van der Waals surface area (Å²) in [6, 6.07) is 12.3. The molecule has 0 unspecified atom stereocenters. The fraction of sp³-hybridized carbons (Fsp3) is 0.133. The lowest BCUT2D eigenvalue weighted by Crippen LogP contribution is -2.06. The Morgan fingerprint density at radius 1 is 1.20 bits per heavy atom. The summed E-state index contributed by atoms with van der Waals surface area (Å²) in [6.07, 6.45) is 0. The molecule has 0 radical (unpaired) electrons. The van der Waals surface area contributed by atoms with Crippen LogP contribution in [0.4, 0.5) is 15.8 Å². The van der Waals surface area contributed by atoms with E-state index in [-0.39, 0.29) is 11.7 Å². The second kappa shape index (κ2) is 6.52. The SMILES string of the molecule is CC(=O)Nc1ccc(CNc2ccc(Br)cc2F)cc1. The number of benzene rings is 2. The van der Waals surface area contributed by atoms with Gasteiger partial charge in [0.2, 0.25) is 5.91 Å². The summed E-state index contributed by atoms with van der Waals surface area (Å²) in [5.74, 6) is -0.401. The number of carbonyl (C=O) groups excluding carboxylic acids is 1. The number of hydrogen-bond acceptors (Lipinski definition) is 2. The van der Waals surface area contributed by atoms with E-state index >= 15 is 0 Å². The van der Waals surface area contributed by atoms with Crippen LogP contribution in [0.25, 0.3) is 0 Å². The summed E-state index contributed by atoms with van der Waals surface area (Å²) in [6.45, 7) is 1.98. The predicted octanol–water partition coefficient (Wildman–Crippen LogP) is 4.16. The number of rotatable bonds is 4. The van der Waals surface area contributed by atoms with Crippen molar-refractivity contribution < 1.29 is 9.18 Å². The van der Waals surface area contributed by atoms with Crippen LogP contribution in [0.5, 0.6) is 0 Å². The topological polar surface area (TPSA) is 41.1 Å². The summed E-state index contributed by atoms with van der Waals surface area (Å²) in [7, 11) is 0. The molecule has 0 fully saturated rings. The maximum Gasteiger partial charge on any atom is 0.221 e. The maximum absolute atomic E-state index is 13.6. The largest absolute Gasteiger partial charge is 0.379 e. The van der Waals surface area contributed by atoms with Crippen LogP contribution in [0.15, 0.2) is 46.9 Å². The van der Waals surface area contributed by atoms with E-state index in [9.17, 15) is 9.18 Å². The summed E-state index contributed by atoms with van der Waals surface area (Å²) in [4.78, 5) is 10.9. The third-order valence-corrected chi connectivity index (χ3v) is 3.18. The molecule has 0 aliphatic heterocycles. The van der Waals surface area contributed by atoms with Crippen LogP contribution in [0.3, 0.4) is 0 Å². The second-order valence-corrected chi connectivity index (χ2v) is 5.27. The van der Waals surface area contributed by atoms with E-state index < -0.39 is 0 Å². The molecule has 0 aliphatic rings. The monoisotopic (exact) mass is 336 g/mol. The molecule has 104 valence electrons. The number of hydrogen-bond donors (Lipinski definition) is 2. The first-order valence-electron chi connectivity index (χ1n) is 6.10. The summed E-state index contributed by atoms with van der Waals surface area (Å²) in [5.41, 5.74) is 2.21. The van der Waals surface area contributed by atoms with Gasteiger partial charge in [0.05, 0.1) is 5.69 Å². The van der Waals surface area contributed by atoms with Crippen LogP contribution in [0, 0.1) is 5.82 Å². The molecular weight excluding hydrogens is 323 g/mol. The third-order valence-electron chi connectivity index (χ3n) is 2.69. The van der Waals surface area contributed by atoms with Gasteiger partial charge in [-0.05, 0) is 35.9 Å². The van der Waals surface area contributed by atoms with Gasteiger partial charge in [-0.2, -0.15) is 0 Å². The molecule has 20 heavy (non-hydrogen) atoms. The number of carbonyl (C=O) groups is 1. The van der Waals surface area contributed by atoms with Gasteiger partial charge in [0.25, 0.3) is 0 Å². The Balaban J connectivity index is 1.98. The minimum Gasteiger partial charge on any atom is -0.379 e. The van der Waals surface area contributed by atoms with Gasteiger partial charge in [0, 0.05) is 23.6 Å². The van der Waals surface area contributed by atoms with Crippen LogP contribution >= 0.6 is 15.9 Å². The van der Waals surface area contributed by atoms with E-state index in [2.05, 4.69) is 26.6 Å². The van der Waals surface area contributed by atoms with Gasteiger partial charge in [-0.15, -0.1) is 0 Å². The first-order chi connectivity index (χ1) is 9.54. The molecule has 0 aromatic heterocycles. The molecule has 2 N–H and O–H groups in total. The van der Waals surface area contributed by atoms with Gasteiger partial charge in [-0.3, -0.25) is 4.79 Å². The number of anilines is 2. The first kappa shape index (κ1) is 14.5. The van der Waals surface area contributed by atoms with E-state index in [1.54, 1.807) is 12.1 Å². The molecule has 0 saturated carbocycles. The van der Waals surface area contributed by atoms with Gasteiger partial charge < -0.3 is 10.6 Å². The van der Waals surface area contributed by atoms with E-state index in [4.69, 9.17) is 0 Å². The van der Waals surface area contributed by atoms with Crippen molar-refractivity contribution >= 4 is 33.2 Å². The van der Waals surface area contributed by atoms with Crippen molar-refractivity contribution in [3.63, 3.8) is 0 Å². The standard InChI is InChI=1S/C15H14BrFN2O/c1-10(20)19-13-5-2-11(3-6-13)9-18-15-7-4-12(16)8-14(15)17/h2-8,18H,9H2,1H3,(H,19,20).